The lowest BCUT2D eigenvalue weighted by atomic mass is 9.91. The monoisotopic (exact) mass is 379 g/mol. The van der Waals surface area contributed by atoms with E-state index in [0.29, 0.717) is 6.54 Å². The van der Waals surface area contributed by atoms with Crippen LogP contribution in [0.4, 0.5) is 0 Å². The Labute approximate surface area is 162 Å². The van der Waals surface area contributed by atoms with Gasteiger partial charge in [-0.3, -0.25) is 14.7 Å². The predicted molar refractivity (Wildman–Crippen MR) is 104 cm³/mol. The molecule has 144 valence electrons. The van der Waals surface area contributed by atoms with Crippen molar-refractivity contribution in [3.8, 4) is 5.75 Å². The van der Waals surface area contributed by atoms with Gasteiger partial charge < -0.3 is 9.84 Å². The van der Waals surface area contributed by atoms with Crippen LogP contribution in [0.25, 0.3) is 0 Å². The summed E-state index contributed by atoms with van der Waals surface area (Å²) in [5.41, 5.74) is 1.17. The van der Waals surface area contributed by atoms with Crippen molar-refractivity contribution in [3.05, 3.63) is 94.2 Å². The molecule has 0 unspecified atom stereocenters. The highest BCUT2D eigenvalue weighted by Crippen LogP contribution is 2.23. The molecule has 0 saturated heterocycles. The minimum atomic E-state index is -0.862. The summed E-state index contributed by atoms with van der Waals surface area (Å²) >= 11 is 0. The molecule has 0 spiro atoms. The van der Waals surface area contributed by atoms with Crippen molar-refractivity contribution in [1.82, 2.24) is 14.9 Å². The van der Waals surface area contributed by atoms with Crippen LogP contribution in [0.5, 0.6) is 5.75 Å². The van der Waals surface area contributed by atoms with Crippen LogP contribution in [0.2, 0.25) is 0 Å². The first-order valence-electron chi connectivity index (χ1n) is 8.80. The van der Waals surface area contributed by atoms with Crippen molar-refractivity contribution in [2.24, 2.45) is 7.05 Å². The maximum atomic E-state index is 12.1. The van der Waals surface area contributed by atoms with Crippen molar-refractivity contribution in [2.75, 3.05) is 13.3 Å². The second kappa shape index (κ2) is 8.96. The number of aryl methyl sites for hydroxylation is 1. The molecule has 1 aromatic heterocycles. The maximum absolute atomic E-state index is 12.1. The standard InChI is InChI=1S/C21H21N3O4/c1-24-13-23-18(19(25)20(24)26)21(27)28-14-22-12-17(15-8-4-2-5-9-15)16-10-6-3-7-11-16/h2-11,13,17,22,25H,12,14H2,1H3. The average molecular weight is 379 g/mol. The number of ether oxygens (including phenoxy) is 1. The number of hydrogen-bond donors (Lipinski definition) is 2. The number of nitrogens with one attached hydrogen (secondary N) is 1. The molecule has 2 N–H and O–H groups in total. The molecule has 0 aliphatic rings. The number of esters is 1. The molecule has 7 heteroatoms. The highest BCUT2D eigenvalue weighted by molar-refractivity contribution is 5.89. The first-order chi connectivity index (χ1) is 13.6. The minimum absolute atomic E-state index is 0.0780. The molecule has 0 atom stereocenters. The molecule has 0 saturated carbocycles. The van der Waals surface area contributed by atoms with Gasteiger partial charge in [-0.1, -0.05) is 60.7 Å². The quantitative estimate of drug-likeness (QED) is 0.371. The Morgan fingerprint density at radius 1 is 1.11 bits per heavy atom. The van der Waals surface area contributed by atoms with Crippen molar-refractivity contribution >= 4 is 5.97 Å². The number of aromatic hydroxyl groups is 1. The normalized spacial score (nSPS) is 10.8. The summed E-state index contributed by atoms with van der Waals surface area (Å²) in [6, 6.07) is 20.0. The van der Waals surface area contributed by atoms with Crippen LogP contribution in [-0.2, 0) is 11.8 Å². The summed E-state index contributed by atoms with van der Waals surface area (Å²) < 4.78 is 6.18. The summed E-state index contributed by atoms with van der Waals surface area (Å²) in [4.78, 5) is 27.5. The van der Waals surface area contributed by atoms with Gasteiger partial charge in [0.25, 0.3) is 5.56 Å². The first-order valence-corrected chi connectivity index (χ1v) is 8.80. The fourth-order valence-electron chi connectivity index (χ4n) is 2.86. The third kappa shape index (κ3) is 4.44. The third-order valence-electron chi connectivity index (χ3n) is 4.36. The van der Waals surface area contributed by atoms with E-state index in [9.17, 15) is 14.7 Å². The first kappa shape index (κ1) is 19.3. The van der Waals surface area contributed by atoms with E-state index in [4.69, 9.17) is 4.74 Å². The summed E-state index contributed by atoms with van der Waals surface area (Å²) in [5.74, 6) is -1.50. The van der Waals surface area contributed by atoms with E-state index in [-0.39, 0.29) is 12.6 Å². The third-order valence-corrected chi connectivity index (χ3v) is 4.36. The smallest absolute Gasteiger partial charge is 0.362 e. The van der Waals surface area contributed by atoms with Crippen molar-refractivity contribution in [2.45, 2.75) is 5.92 Å². The number of aromatic nitrogens is 2. The Balaban J connectivity index is 1.63. The van der Waals surface area contributed by atoms with Gasteiger partial charge in [-0.25, -0.2) is 9.78 Å². The number of carbonyl (C=O) groups is 1. The molecule has 0 aliphatic heterocycles. The van der Waals surface area contributed by atoms with Gasteiger partial charge in [-0.05, 0) is 11.1 Å². The van der Waals surface area contributed by atoms with Crippen LogP contribution in [0, 0.1) is 0 Å². The van der Waals surface area contributed by atoms with E-state index in [1.165, 1.54) is 7.05 Å². The van der Waals surface area contributed by atoms with Crippen LogP contribution in [-0.4, -0.2) is 33.9 Å². The largest absolute Gasteiger partial charge is 0.501 e. The van der Waals surface area contributed by atoms with Gasteiger partial charge >= 0.3 is 5.97 Å². The zero-order chi connectivity index (χ0) is 19.9. The molecular weight excluding hydrogens is 358 g/mol. The van der Waals surface area contributed by atoms with E-state index in [1.54, 1.807) is 0 Å². The van der Waals surface area contributed by atoms with Gasteiger partial charge in [0.1, 0.15) is 6.73 Å². The van der Waals surface area contributed by atoms with Gasteiger partial charge in [0.05, 0.1) is 6.33 Å². The lowest BCUT2D eigenvalue weighted by Crippen LogP contribution is -2.27. The molecule has 0 radical (unpaired) electrons. The molecule has 0 bridgehead atoms. The number of rotatable bonds is 7. The fraction of sp³-hybridized carbons (Fsp3) is 0.190. The molecule has 1 heterocycles. The molecule has 0 fully saturated rings. The van der Waals surface area contributed by atoms with E-state index in [0.717, 1.165) is 22.0 Å². The van der Waals surface area contributed by atoms with E-state index in [2.05, 4.69) is 10.3 Å². The molecule has 3 rings (SSSR count). The predicted octanol–water partition coefficient (Wildman–Crippen LogP) is 2.02. The van der Waals surface area contributed by atoms with Crippen LogP contribution < -0.4 is 10.9 Å². The van der Waals surface area contributed by atoms with Crippen molar-refractivity contribution < 1.29 is 14.6 Å². The number of benzene rings is 2. The minimum Gasteiger partial charge on any atom is -0.501 e. The molecular formula is C21H21N3O4. The molecule has 28 heavy (non-hydrogen) atoms. The maximum Gasteiger partial charge on any atom is 0.362 e. The van der Waals surface area contributed by atoms with Crippen molar-refractivity contribution in [1.29, 1.82) is 0 Å². The van der Waals surface area contributed by atoms with E-state index >= 15 is 0 Å². The highest BCUT2D eigenvalue weighted by Gasteiger charge is 2.19. The molecule has 2 aromatic carbocycles. The molecule has 0 amide bonds. The fourth-order valence-corrected chi connectivity index (χ4v) is 2.86. The summed E-state index contributed by atoms with van der Waals surface area (Å²) in [6.45, 7) is 0.461. The zero-order valence-corrected chi connectivity index (χ0v) is 15.4. The van der Waals surface area contributed by atoms with Gasteiger partial charge in [-0.2, -0.15) is 0 Å². The zero-order valence-electron chi connectivity index (χ0n) is 15.4. The van der Waals surface area contributed by atoms with Gasteiger partial charge in [0.2, 0.25) is 5.75 Å². The second-order valence-electron chi connectivity index (χ2n) is 6.26. The molecule has 0 aliphatic carbocycles. The summed E-state index contributed by atoms with van der Waals surface area (Å²) in [7, 11) is 1.43. The van der Waals surface area contributed by atoms with E-state index < -0.39 is 23.0 Å². The molecule has 3 aromatic rings. The number of hydrogen-bond acceptors (Lipinski definition) is 6. The molecule has 7 nitrogen and oxygen atoms in total. The Kier molecular flexibility index (Phi) is 6.18. The average Bonchev–Trinajstić information content (AvgIpc) is 2.73. The topological polar surface area (TPSA) is 93.5 Å². The Hall–Kier alpha value is -3.45. The van der Waals surface area contributed by atoms with Gasteiger partial charge in [0.15, 0.2) is 5.69 Å². The van der Waals surface area contributed by atoms with Crippen molar-refractivity contribution in [3.63, 3.8) is 0 Å². The summed E-state index contributed by atoms with van der Waals surface area (Å²) in [6.07, 6.45) is 1.16. The van der Waals surface area contributed by atoms with Crippen LogP contribution in [0.15, 0.2) is 71.8 Å². The SMILES string of the molecule is Cn1cnc(C(=O)OCNCC(c2ccccc2)c2ccccc2)c(O)c1=O. The Morgan fingerprint density at radius 2 is 1.68 bits per heavy atom. The Morgan fingerprint density at radius 3 is 2.25 bits per heavy atom. The number of carbonyl (C=O) groups excluding carboxylic acids is 1. The van der Waals surface area contributed by atoms with Crippen LogP contribution in [0.3, 0.4) is 0 Å². The van der Waals surface area contributed by atoms with Gasteiger partial charge in [-0.15, -0.1) is 0 Å². The Bertz CT molecular complexity index is 948. The highest BCUT2D eigenvalue weighted by atomic mass is 16.5. The summed E-state index contributed by atoms with van der Waals surface area (Å²) in [5, 5.41) is 12.9. The van der Waals surface area contributed by atoms with Gasteiger partial charge in [0, 0.05) is 19.5 Å². The van der Waals surface area contributed by atoms with Crippen LogP contribution >= 0.6 is 0 Å². The second-order valence-corrected chi connectivity index (χ2v) is 6.26. The lowest BCUT2D eigenvalue weighted by Gasteiger charge is -2.19. The lowest BCUT2D eigenvalue weighted by molar-refractivity contribution is 0.0460. The van der Waals surface area contributed by atoms with Crippen LogP contribution in [0.1, 0.15) is 27.5 Å². The number of nitrogens with zero attached hydrogens (tertiary/aromatic N) is 2. The van der Waals surface area contributed by atoms with E-state index in [1.807, 2.05) is 60.7 Å².